The van der Waals surface area contributed by atoms with Crippen LogP contribution in [0.2, 0.25) is 0 Å². The molecular formula is C32H52N4Si2Te2. The van der Waals surface area contributed by atoms with Crippen LogP contribution < -0.4 is 18.3 Å². The van der Waals surface area contributed by atoms with Gasteiger partial charge in [0, 0.05) is 0 Å². The van der Waals surface area contributed by atoms with E-state index in [1.165, 1.54) is 26.2 Å². The van der Waals surface area contributed by atoms with Crippen LogP contribution in [0.3, 0.4) is 0 Å². The van der Waals surface area contributed by atoms with Crippen LogP contribution in [0, 0.1) is 21.7 Å². The van der Waals surface area contributed by atoms with Gasteiger partial charge in [-0.25, -0.2) is 0 Å². The minimum atomic E-state index is -1.77. The van der Waals surface area contributed by atoms with Crippen molar-refractivity contribution in [3.63, 3.8) is 0 Å². The zero-order chi connectivity index (χ0) is 29.5. The molecule has 1 saturated heterocycles. The van der Waals surface area contributed by atoms with Crippen molar-refractivity contribution in [1.82, 2.24) is 0 Å². The fourth-order valence-electron chi connectivity index (χ4n) is 6.17. The van der Waals surface area contributed by atoms with Crippen molar-refractivity contribution in [2.45, 2.75) is 83.1 Å². The van der Waals surface area contributed by atoms with Gasteiger partial charge in [0.15, 0.2) is 0 Å². The number of benzene rings is 2. The van der Waals surface area contributed by atoms with Gasteiger partial charge in [-0.3, -0.25) is 0 Å². The molecule has 1 fully saturated rings. The van der Waals surface area contributed by atoms with Crippen molar-refractivity contribution in [2.24, 2.45) is 21.7 Å². The van der Waals surface area contributed by atoms with Crippen LogP contribution >= 0.6 is 0 Å². The van der Waals surface area contributed by atoms with Gasteiger partial charge >= 0.3 is 266 Å². The molecule has 3 aliphatic rings. The fraction of sp³-hybridized carbons (Fsp3) is 0.625. The van der Waals surface area contributed by atoms with Crippen LogP contribution in [-0.4, -0.2) is 71.9 Å². The van der Waals surface area contributed by atoms with Crippen molar-refractivity contribution in [2.75, 3.05) is 44.4 Å². The third kappa shape index (κ3) is 5.77. The Labute approximate surface area is 264 Å². The van der Waals surface area contributed by atoms with E-state index in [1.807, 2.05) is 0 Å². The molecule has 0 radical (unpaired) electrons. The van der Waals surface area contributed by atoms with E-state index in [9.17, 15) is 0 Å². The molecule has 4 nitrogen and oxygen atoms in total. The van der Waals surface area contributed by atoms with Gasteiger partial charge in [-0.2, -0.15) is 0 Å². The normalized spacial score (nSPS) is 19.9. The molecule has 3 heterocycles. The number of hydrogen-bond acceptors (Lipinski definition) is 4. The van der Waals surface area contributed by atoms with Crippen LogP contribution in [0.15, 0.2) is 48.5 Å². The summed E-state index contributed by atoms with van der Waals surface area (Å²) in [4.78, 5) is 0. The second-order valence-electron chi connectivity index (χ2n) is 16.9. The van der Waals surface area contributed by atoms with Crippen molar-refractivity contribution < 1.29 is 0 Å². The summed E-state index contributed by atoms with van der Waals surface area (Å²) in [6.45, 7) is 34.3. The Morgan fingerprint density at radius 1 is 0.425 bits per heavy atom. The number of para-hydroxylation sites is 4. The molecule has 0 N–H and O–H groups in total. The van der Waals surface area contributed by atoms with Gasteiger partial charge < -0.3 is 0 Å². The standard InChI is InChI=1S/C32H52N4Si2Te2/c1-29(2,3)21-33-25-17-13-14-18-26(25)34(22-30(4,5)6)37(33)39-38(40-37)35(23-31(7,8)9)27-19-15-16-20-28(27)36(38)24-32(10,11)12/h13-20H,21-24H2,1-12H3. The Balaban J connectivity index is 1.67. The van der Waals surface area contributed by atoms with Crippen molar-refractivity contribution >= 4 is 68.4 Å². The monoisotopic (exact) mass is 808 g/mol. The molecular weight excluding hydrogens is 752 g/mol. The molecule has 0 unspecified atom stereocenters. The zero-order valence-corrected chi connectivity index (χ0v) is 33.7. The van der Waals surface area contributed by atoms with Crippen LogP contribution in [-0.2, 0) is 0 Å². The molecule has 5 rings (SSSR count). The average molecular weight is 804 g/mol. The Morgan fingerprint density at radius 3 is 0.800 bits per heavy atom. The molecule has 220 valence electrons. The Morgan fingerprint density at radius 2 is 0.625 bits per heavy atom. The molecule has 0 bridgehead atoms. The molecule has 0 amide bonds. The Hall–Kier alpha value is -0.347. The molecule has 8 heteroatoms. The first kappa shape index (κ1) is 31.1. The summed E-state index contributed by atoms with van der Waals surface area (Å²) in [7, 11) is 0. The third-order valence-electron chi connectivity index (χ3n) is 7.35. The van der Waals surface area contributed by atoms with E-state index in [0.717, 1.165) is 0 Å². The van der Waals surface area contributed by atoms with Crippen LogP contribution in [0.1, 0.15) is 83.1 Å². The summed E-state index contributed by atoms with van der Waals surface area (Å²) in [6, 6.07) is 19.1. The van der Waals surface area contributed by atoms with E-state index in [4.69, 9.17) is 0 Å². The fourth-order valence-corrected chi connectivity index (χ4v) is 136. The maximum absolute atomic E-state index is 3.10. The molecule has 40 heavy (non-hydrogen) atoms. The van der Waals surface area contributed by atoms with Gasteiger partial charge in [0.25, 0.3) is 0 Å². The van der Waals surface area contributed by atoms with Gasteiger partial charge in [-0.1, -0.05) is 0 Å². The van der Waals surface area contributed by atoms with E-state index in [0.29, 0.717) is 0 Å². The molecule has 2 aromatic rings. The van der Waals surface area contributed by atoms with E-state index in [2.05, 4.69) is 150 Å². The number of rotatable bonds is 4. The van der Waals surface area contributed by atoms with Gasteiger partial charge in [0.2, 0.25) is 0 Å². The van der Waals surface area contributed by atoms with Crippen LogP contribution in [0.25, 0.3) is 0 Å². The quantitative estimate of drug-likeness (QED) is 0.306. The number of anilines is 4. The first-order chi connectivity index (χ1) is 18.2. The summed E-state index contributed by atoms with van der Waals surface area (Å²) < 4.78 is 8.87. The average Bonchev–Trinajstić information content (AvgIpc) is 3.15. The molecule has 0 aromatic heterocycles. The second-order valence-corrected chi connectivity index (χ2v) is 67.8. The predicted octanol–water partition coefficient (Wildman–Crippen LogP) is 7.12. The van der Waals surface area contributed by atoms with Gasteiger partial charge in [0.1, 0.15) is 0 Å². The number of nitrogens with zero attached hydrogens (tertiary/aromatic N) is 4. The molecule has 2 aromatic carbocycles. The number of hydrogen-bond donors (Lipinski definition) is 0. The second kappa shape index (κ2) is 10.1. The topological polar surface area (TPSA) is 13.0 Å². The minimum absolute atomic E-state index is 0.282. The SMILES string of the molecule is CC(C)(C)CN1c2ccccc2N(CC(C)(C)C)[Si]12[Te][Si]1([Te]2)N(CC(C)(C)C)c2ccccc2N1CC(C)(C)C. The summed E-state index contributed by atoms with van der Waals surface area (Å²) in [5.74, 6) is 0. The molecule has 3 aliphatic heterocycles. The molecule has 0 atom stereocenters. The van der Waals surface area contributed by atoms with E-state index >= 15 is 0 Å². The third-order valence-corrected chi connectivity index (χ3v) is 116. The van der Waals surface area contributed by atoms with Gasteiger partial charge in [-0.05, 0) is 0 Å². The maximum atomic E-state index is 3.10. The van der Waals surface area contributed by atoms with Crippen molar-refractivity contribution in [3.8, 4) is 0 Å². The van der Waals surface area contributed by atoms with Crippen molar-refractivity contribution in [1.29, 1.82) is 0 Å². The molecule has 0 aliphatic carbocycles. The van der Waals surface area contributed by atoms with E-state index < -0.39 is 6.99 Å². The summed E-state index contributed by atoms with van der Waals surface area (Å²) in [5, 5.41) is 0. The van der Waals surface area contributed by atoms with Crippen molar-refractivity contribution in [3.05, 3.63) is 48.5 Å². The van der Waals surface area contributed by atoms with E-state index in [1.54, 1.807) is 22.7 Å². The van der Waals surface area contributed by atoms with Gasteiger partial charge in [-0.15, -0.1) is 0 Å². The summed E-state index contributed by atoms with van der Waals surface area (Å²) in [5.41, 5.74) is 7.38. The van der Waals surface area contributed by atoms with Crippen LogP contribution in [0.5, 0.6) is 0 Å². The van der Waals surface area contributed by atoms with Crippen LogP contribution in [0.4, 0.5) is 22.7 Å². The first-order valence-electron chi connectivity index (χ1n) is 14.9. The predicted molar refractivity (Wildman–Crippen MR) is 183 cm³/mol. The first-order valence-corrected chi connectivity index (χ1v) is 32.3. The number of fused-ring (bicyclic) bond motifs is 2. The summed E-state index contributed by atoms with van der Waals surface area (Å²) in [6.07, 6.45) is 0. The molecule has 0 saturated carbocycles. The zero-order valence-electron chi connectivity index (χ0n) is 27.1. The molecule has 2 spiro atoms. The Bertz CT molecular complexity index is 1060. The van der Waals surface area contributed by atoms with Gasteiger partial charge in [0.05, 0.1) is 0 Å². The Kier molecular flexibility index (Phi) is 7.85. The summed E-state index contributed by atoms with van der Waals surface area (Å²) >= 11 is -0.584. The van der Waals surface area contributed by atoms with E-state index in [-0.39, 0.29) is 60.4 Å².